The third-order valence-corrected chi connectivity index (χ3v) is 5.32. The minimum Gasteiger partial charge on any atom is -0.508 e. The number of fused-ring (bicyclic) bond motifs is 1. The molecule has 3 heterocycles. The van der Waals surface area contributed by atoms with Crippen molar-refractivity contribution < 1.29 is 9.90 Å². The first-order chi connectivity index (χ1) is 14.4. The van der Waals surface area contributed by atoms with Crippen molar-refractivity contribution >= 4 is 28.4 Å². The number of benzene rings is 1. The molecule has 1 aliphatic heterocycles. The fourth-order valence-electron chi connectivity index (χ4n) is 3.88. The highest BCUT2D eigenvalue weighted by Crippen LogP contribution is 2.29. The quantitative estimate of drug-likeness (QED) is 0.598. The summed E-state index contributed by atoms with van der Waals surface area (Å²) < 4.78 is 0. The van der Waals surface area contributed by atoms with Gasteiger partial charge in [-0.25, -0.2) is 15.0 Å². The zero-order valence-electron chi connectivity index (χ0n) is 17.4. The fourth-order valence-corrected chi connectivity index (χ4v) is 3.88. The molecule has 30 heavy (non-hydrogen) atoms. The number of aryl methyl sites for hydroxylation is 1. The number of nitrogens with one attached hydrogen (secondary N) is 2. The summed E-state index contributed by atoms with van der Waals surface area (Å²) in [6.45, 7) is 6.99. The van der Waals surface area contributed by atoms with E-state index >= 15 is 0 Å². The third-order valence-electron chi connectivity index (χ3n) is 5.32. The highest BCUT2D eigenvalue weighted by Gasteiger charge is 2.24. The van der Waals surface area contributed by atoms with Gasteiger partial charge in [-0.3, -0.25) is 4.79 Å². The molecule has 0 aliphatic carbocycles. The molecule has 0 unspecified atom stereocenters. The second-order valence-electron chi connectivity index (χ2n) is 7.77. The van der Waals surface area contributed by atoms with Crippen LogP contribution in [0.25, 0.3) is 10.9 Å². The number of pyridine rings is 1. The van der Waals surface area contributed by atoms with Gasteiger partial charge >= 0.3 is 0 Å². The third kappa shape index (κ3) is 4.27. The van der Waals surface area contributed by atoms with Crippen LogP contribution in [0.15, 0.2) is 36.5 Å². The molecule has 1 amide bonds. The zero-order valence-corrected chi connectivity index (χ0v) is 17.4. The van der Waals surface area contributed by atoms with Gasteiger partial charge in [-0.05, 0) is 44.0 Å². The first kappa shape index (κ1) is 19.9. The van der Waals surface area contributed by atoms with Gasteiger partial charge in [0.1, 0.15) is 23.2 Å². The lowest BCUT2D eigenvalue weighted by Gasteiger charge is -2.20. The molecule has 0 spiro atoms. The van der Waals surface area contributed by atoms with Crippen molar-refractivity contribution in [2.75, 3.05) is 23.3 Å². The van der Waals surface area contributed by atoms with Crippen LogP contribution >= 0.6 is 0 Å². The maximum Gasteiger partial charge on any atom is 0.217 e. The topological polar surface area (TPSA) is 103 Å². The molecular formula is C22H26N6O2. The van der Waals surface area contributed by atoms with Crippen molar-refractivity contribution in [3.63, 3.8) is 0 Å². The van der Waals surface area contributed by atoms with Crippen LogP contribution in [0.3, 0.4) is 0 Å². The van der Waals surface area contributed by atoms with Gasteiger partial charge in [-0.2, -0.15) is 0 Å². The maximum atomic E-state index is 11.3. The van der Waals surface area contributed by atoms with E-state index in [1.54, 1.807) is 25.3 Å². The Labute approximate surface area is 175 Å². The SMILES string of the molecule is CC(=O)N[C@@H]1CCN(c2cc3c(N[C@H](C)c4cccc(O)c4)nc(C)nc3cn2)C1. The molecule has 4 rings (SSSR count). The number of hydrogen-bond donors (Lipinski definition) is 3. The molecule has 156 valence electrons. The predicted molar refractivity (Wildman–Crippen MR) is 117 cm³/mol. The molecule has 2 aromatic heterocycles. The van der Waals surface area contributed by atoms with E-state index in [2.05, 4.69) is 30.5 Å². The van der Waals surface area contributed by atoms with Crippen molar-refractivity contribution in [3.05, 3.63) is 47.9 Å². The van der Waals surface area contributed by atoms with E-state index in [0.717, 1.165) is 47.6 Å². The molecule has 1 aromatic carbocycles. The van der Waals surface area contributed by atoms with Crippen LogP contribution in [0.4, 0.5) is 11.6 Å². The average molecular weight is 406 g/mol. The zero-order chi connectivity index (χ0) is 21.3. The molecule has 3 aromatic rings. The van der Waals surface area contributed by atoms with Crippen molar-refractivity contribution in [2.45, 2.75) is 39.3 Å². The summed E-state index contributed by atoms with van der Waals surface area (Å²) in [6.07, 6.45) is 2.67. The normalized spacial score (nSPS) is 17.2. The summed E-state index contributed by atoms with van der Waals surface area (Å²) in [5, 5.41) is 17.1. The Balaban J connectivity index is 1.63. The Bertz CT molecular complexity index is 1090. The second kappa shape index (κ2) is 8.14. The van der Waals surface area contributed by atoms with Gasteiger partial charge in [0.2, 0.25) is 5.91 Å². The van der Waals surface area contributed by atoms with Gasteiger partial charge in [-0.1, -0.05) is 12.1 Å². The van der Waals surface area contributed by atoms with Crippen LogP contribution in [0, 0.1) is 6.92 Å². The van der Waals surface area contributed by atoms with E-state index < -0.39 is 0 Å². The highest BCUT2D eigenvalue weighted by molar-refractivity contribution is 5.90. The minimum absolute atomic E-state index is 0.00961. The summed E-state index contributed by atoms with van der Waals surface area (Å²) in [4.78, 5) is 27.3. The van der Waals surface area contributed by atoms with Crippen LogP contribution in [0.5, 0.6) is 5.75 Å². The fraction of sp³-hybridized carbons (Fsp3) is 0.364. The number of aromatic nitrogens is 3. The number of aromatic hydroxyl groups is 1. The van der Waals surface area contributed by atoms with E-state index in [-0.39, 0.29) is 23.7 Å². The van der Waals surface area contributed by atoms with Gasteiger partial charge in [0.25, 0.3) is 0 Å². The van der Waals surface area contributed by atoms with E-state index in [1.807, 2.05) is 32.0 Å². The van der Waals surface area contributed by atoms with Gasteiger partial charge in [0.15, 0.2) is 0 Å². The second-order valence-corrected chi connectivity index (χ2v) is 7.77. The number of carbonyl (C=O) groups excluding carboxylic acids is 1. The van der Waals surface area contributed by atoms with E-state index in [9.17, 15) is 9.90 Å². The van der Waals surface area contributed by atoms with Crippen molar-refractivity contribution in [1.82, 2.24) is 20.3 Å². The number of rotatable bonds is 5. The average Bonchev–Trinajstić information content (AvgIpc) is 3.15. The first-order valence-corrected chi connectivity index (χ1v) is 10.1. The summed E-state index contributed by atoms with van der Waals surface area (Å²) >= 11 is 0. The number of hydrogen-bond acceptors (Lipinski definition) is 7. The summed E-state index contributed by atoms with van der Waals surface area (Å²) in [5.41, 5.74) is 1.74. The van der Waals surface area contributed by atoms with Crippen molar-refractivity contribution in [2.24, 2.45) is 0 Å². The number of anilines is 2. The molecular weight excluding hydrogens is 380 g/mol. The number of nitrogens with zero attached hydrogens (tertiary/aromatic N) is 4. The van der Waals surface area contributed by atoms with Crippen LogP contribution in [0.1, 0.15) is 37.7 Å². The summed E-state index contributed by atoms with van der Waals surface area (Å²) in [6, 6.07) is 9.28. The molecule has 2 atom stereocenters. The number of phenols is 1. The monoisotopic (exact) mass is 406 g/mol. The molecule has 8 heteroatoms. The van der Waals surface area contributed by atoms with Crippen LogP contribution in [-0.4, -0.2) is 45.1 Å². The number of amides is 1. The summed E-state index contributed by atoms with van der Waals surface area (Å²) in [5.74, 6) is 2.46. The molecule has 0 radical (unpaired) electrons. The Morgan fingerprint density at radius 2 is 2.13 bits per heavy atom. The molecule has 0 saturated carbocycles. The molecule has 0 bridgehead atoms. The largest absolute Gasteiger partial charge is 0.508 e. The van der Waals surface area contributed by atoms with Crippen LogP contribution in [0.2, 0.25) is 0 Å². The standard InChI is InChI=1S/C22H26N6O2/c1-13(16-5-4-6-18(30)9-16)24-22-19-10-21(23-11-20(19)25-14(2)26-22)28-8-7-17(12-28)27-15(3)29/h4-6,9-11,13,17,30H,7-8,12H2,1-3H3,(H,27,29)(H,24,25,26)/t13-,17-/m1/s1. The lowest BCUT2D eigenvalue weighted by atomic mass is 10.1. The molecule has 8 nitrogen and oxygen atoms in total. The molecule has 1 saturated heterocycles. The lowest BCUT2D eigenvalue weighted by Crippen LogP contribution is -2.35. The minimum atomic E-state index is -0.0536. The predicted octanol–water partition coefficient (Wildman–Crippen LogP) is 2.93. The smallest absolute Gasteiger partial charge is 0.217 e. The van der Waals surface area contributed by atoms with Crippen molar-refractivity contribution in [3.8, 4) is 5.75 Å². The molecule has 3 N–H and O–H groups in total. The van der Waals surface area contributed by atoms with Gasteiger partial charge < -0.3 is 20.6 Å². The van der Waals surface area contributed by atoms with Crippen LogP contribution < -0.4 is 15.5 Å². The Morgan fingerprint density at radius 1 is 1.30 bits per heavy atom. The molecule has 1 aliphatic rings. The van der Waals surface area contributed by atoms with Crippen LogP contribution in [-0.2, 0) is 4.79 Å². The van der Waals surface area contributed by atoms with E-state index in [4.69, 9.17) is 0 Å². The Hall–Kier alpha value is -3.42. The van der Waals surface area contributed by atoms with Gasteiger partial charge in [0.05, 0.1) is 17.8 Å². The molecule has 1 fully saturated rings. The Morgan fingerprint density at radius 3 is 2.90 bits per heavy atom. The maximum absolute atomic E-state index is 11.3. The lowest BCUT2D eigenvalue weighted by molar-refractivity contribution is -0.119. The summed E-state index contributed by atoms with van der Waals surface area (Å²) in [7, 11) is 0. The van der Waals surface area contributed by atoms with Gasteiger partial charge in [-0.15, -0.1) is 0 Å². The van der Waals surface area contributed by atoms with E-state index in [0.29, 0.717) is 5.82 Å². The highest BCUT2D eigenvalue weighted by atomic mass is 16.3. The van der Waals surface area contributed by atoms with E-state index in [1.165, 1.54) is 0 Å². The first-order valence-electron chi connectivity index (χ1n) is 10.1. The van der Waals surface area contributed by atoms with Gasteiger partial charge in [0, 0.05) is 31.4 Å². The Kier molecular flexibility index (Phi) is 5.39. The number of carbonyl (C=O) groups is 1. The van der Waals surface area contributed by atoms with Crippen molar-refractivity contribution in [1.29, 1.82) is 0 Å². The number of phenolic OH excluding ortho intramolecular Hbond substituents is 1.